The van der Waals surface area contributed by atoms with Gasteiger partial charge in [-0.3, -0.25) is 14.5 Å². The van der Waals surface area contributed by atoms with Crippen LogP contribution in [0.15, 0.2) is 41.4 Å². The molecule has 6 nitrogen and oxygen atoms in total. The Morgan fingerprint density at radius 2 is 1.80 bits per heavy atom. The van der Waals surface area contributed by atoms with Crippen molar-refractivity contribution < 1.29 is 14.3 Å². The lowest BCUT2D eigenvalue weighted by Gasteiger charge is -2.14. The van der Waals surface area contributed by atoms with E-state index in [0.717, 1.165) is 22.6 Å². The number of aliphatic imine (C=N–C) groups is 1. The number of aryl methyl sites for hydroxylation is 3. The van der Waals surface area contributed by atoms with Crippen LogP contribution in [0.4, 0.5) is 11.4 Å². The molecule has 1 aliphatic heterocycles. The first-order valence-electron chi connectivity index (χ1n) is 9.90. The first-order chi connectivity index (χ1) is 14.3. The van der Waals surface area contributed by atoms with Gasteiger partial charge >= 0.3 is 0 Å². The second-order valence-electron chi connectivity index (χ2n) is 7.31. The number of carbonyl (C=O) groups is 2. The molecule has 2 aromatic carbocycles. The molecule has 1 unspecified atom stereocenters. The number of nitrogens with zero attached hydrogens (tertiary/aromatic N) is 2. The monoisotopic (exact) mass is 425 g/mol. The summed E-state index contributed by atoms with van der Waals surface area (Å²) in [5, 5.41) is 3.02. The second kappa shape index (κ2) is 9.34. The van der Waals surface area contributed by atoms with Crippen LogP contribution in [0.2, 0.25) is 0 Å². The minimum Gasteiger partial charge on any atom is -0.497 e. The second-order valence-corrected chi connectivity index (χ2v) is 8.48. The van der Waals surface area contributed by atoms with Gasteiger partial charge in [-0.15, -0.1) is 0 Å². The Balaban J connectivity index is 1.74. The third-order valence-electron chi connectivity index (χ3n) is 4.92. The van der Waals surface area contributed by atoms with E-state index < -0.39 is 5.25 Å². The molecule has 0 aliphatic carbocycles. The van der Waals surface area contributed by atoms with Gasteiger partial charge < -0.3 is 10.1 Å². The Morgan fingerprint density at radius 3 is 2.37 bits per heavy atom. The maximum absolute atomic E-state index is 12.9. The summed E-state index contributed by atoms with van der Waals surface area (Å²) in [7, 11) is 1.59. The predicted molar refractivity (Wildman–Crippen MR) is 123 cm³/mol. The maximum atomic E-state index is 12.9. The van der Waals surface area contributed by atoms with Gasteiger partial charge in [-0.25, -0.2) is 4.99 Å². The van der Waals surface area contributed by atoms with Crippen molar-refractivity contribution in [2.24, 2.45) is 4.99 Å². The average Bonchev–Trinajstić information content (AvgIpc) is 2.99. The highest BCUT2D eigenvalue weighted by molar-refractivity contribution is 8.15. The Labute approximate surface area is 181 Å². The summed E-state index contributed by atoms with van der Waals surface area (Å²) in [5.41, 5.74) is 4.89. The molecule has 0 aromatic heterocycles. The maximum Gasteiger partial charge on any atom is 0.242 e. The van der Waals surface area contributed by atoms with E-state index in [-0.39, 0.29) is 18.2 Å². The van der Waals surface area contributed by atoms with Crippen molar-refractivity contribution in [1.29, 1.82) is 0 Å². The normalized spacial score (nSPS) is 17.5. The van der Waals surface area contributed by atoms with Crippen molar-refractivity contribution in [3.63, 3.8) is 0 Å². The summed E-state index contributed by atoms with van der Waals surface area (Å²) < 4.78 is 5.12. The summed E-state index contributed by atoms with van der Waals surface area (Å²) in [4.78, 5) is 31.8. The number of amides is 2. The van der Waals surface area contributed by atoms with Gasteiger partial charge in [0.15, 0.2) is 5.17 Å². The highest BCUT2D eigenvalue weighted by Crippen LogP contribution is 2.34. The van der Waals surface area contributed by atoms with Crippen LogP contribution in [-0.2, 0) is 9.59 Å². The molecule has 1 atom stereocenters. The van der Waals surface area contributed by atoms with Gasteiger partial charge in [0.05, 0.1) is 12.8 Å². The molecule has 1 fully saturated rings. The minimum absolute atomic E-state index is 0.0754. The van der Waals surface area contributed by atoms with Crippen molar-refractivity contribution in [2.75, 3.05) is 19.0 Å². The van der Waals surface area contributed by atoms with E-state index in [9.17, 15) is 9.59 Å². The van der Waals surface area contributed by atoms with Crippen LogP contribution >= 0.6 is 11.8 Å². The van der Waals surface area contributed by atoms with Crippen molar-refractivity contribution in [3.05, 3.63) is 53.1 Å². The van der Waals surface area contributed by atoms with Gasteiger partial charge in [0.1, 0.15) is 11.0 Å². The van der Waals surface area contributed by atoms with Crippen LogP contribution in [0.1, 0.15) is 30.0 Å². The molecular formula is C23H27N3O3S. The Morgan fingerprint density at radius 1 is 1.17 bits per heavy atom. The zero-order valence-electron chi connectivity index (χ0n) is 18.0. The van der Waals surface area contributed by atoms with Gasteiger partial charge in [0, 0.05) is 18.7 Å². The summed E-state index contributed by atoms with van der Waals surface area (Å²) >= 11 is 1.36. The summed E-state index contributed by atoms with van der Waals surface area (Å²) in [6.07, 6.45) is 0.0942. The van der Waals surface area contributed by atoms with E-state index in [1.54, 1.807) is 36.3 Å². The number of rotatable bonds is 6. The molecule has 1 heterocycles. The molecule has 0 radical (unpaired) electrons. The van der Waals surface area contributed by atoms with Crippen LogP contribution in [0.25, 0.3) is 0 Å². The molecule has 0 spiro atoms. The molecule has 1 saturated heterocycles. The van der Waals surface area contributed by atoms with Crippen molar-refractivity contribution >= 4 is 40.1 Å². The molecular weight excluding hydrogens is 398 g/mol. The number of hydrogen-bond donors (Lipinski definition) is 1. The van der Waals surface area contributed by atoms with Crippen molar-refractivity contribution in [1.82, 2.24) is 4.90 Å². The Hall–Kier alpha value is -2.80. The third kappa shape index (κ3) is 4.84. The average molecular weight is 426 g/mol. The van der Waals surface area contributed by atoms with E-state index in [1.807, 2.05) is 20.8 Å². The van der Waals surface area contributed by atoms with E-state index in [1.165, 1.54) is 17.3 Å². The molecule has 0 bridgehead atoms. The number of nitrogens with one attached hydrogen (secondary N) is 1. The predicted octanol–water partition coefficient (Wildman–Crippen LogP) is 4.60. The fourth-order valence-electron chi connectivity index (χ4n) is 3.52. The van der Waals surface area contributed by atoms with Gasteiger partial charge in [0.25, 0.3) is 0 Å². The largest absolute Gasteiger partial charge is 0.497 e. The topological polar surface area (TPSA) is 71.0 Å². The van der Waals surface area contributed by atoms with E-state index in [0.29, 0.717) is 17.4 Å². The molecule has 1 N–H and O–H groups in total. The standard InChI is InChI=1S/C23H27N3O3S/c1-6-26-22(28)19(13-20(27)24-17-7-9-18(29-5)10-8-17)30-23(26)25-21-15(3)11-14(2)12-16(21)4/h7-12,19H,6,13H2,1-5H3,(H,24,27). The van der Waals surface area contributed by atoms with Crippen LogP contribution in [0, 0.1) is 20.8 Å². The zero-order valence-corrected chi connectivity index (χ0v) is 18.8. The number of anilines is 1. The Bertz CT molecular complexity index is 963. The molecule has 3 rings (SSSR count). The van der Waals surface area contributed by atoms with Crippen molar-refractivity contribution in [3.8, 4) is 5.75 Å². The summed E-state index contributed by atoms with van der Waals surface area (Å²) in [6, 6.07) is 11.3. The van der Waals surface area contributed by atoms with E-state index >= 15 is 0 Å². The summed E-state index contributed by atoms with van der Waals surface area (Å²) in [5.74, 6) is 0.440. The first kappa shape index (κ1) is 21.9. The van der Waals surface area contributed by atoms with E-state index in [4.69, 9.17) is 9.73 Å². The molecule has 1 aliphatic rings. The van der Waals surface area contributed by atoms with Gasteiger partial charge in [0.2, 0.25) is 11.8 Å². The lowest BCUT2D eigenvalue weighted by Crippen LogP contribution is -2.33. The quantitative estimate of drug-likeness (QED) is 0.734. The molecule has 0 saturated carbocycles. The van der Waals surface area contributed by atoms with Crippen LogP contribution in [0.5, 0.6) is 5.75 Å². The highest BCUT2D eigenvalue weighted by Gasteiger charge is 2.38. The first-order valence-corrected chi connectivity index (χ1v) is 10.8. The number of carbonyl (C=O) groups excluding carboxylic acids is 2. The number of ether oxygens (including phenoxy) is 1. The molecule has 2 aromatic rings. The Kier molecular flexibility index (Phi) is 6.82. The zero-order chi connectivity index (χ0) is 21.8. The molecule has 2 amide bonds. The lowest BCUT2D eigenvalue weighted by molar-refractivity contribution is -0.128. The van der Waals surface area contributed by atoms with Gasteiger partial charge in [-0.2, -0.15) is 0 Å². The molecule has 30 heavy (non-hydrogen) atoms. The highest BCUT2D eigenvalue weighted by atomic mass is 32.2. The van der Waals surface area contributed by atoms with E-state index in [2.05, 4.69) is 24.4 Å². The smallest absolute Gasteiger partial charge is 0.242 e. The molecule has 7 heteroatoms. The fourth-order valence-corrected chi connectivity index (χ4v) is 4.72. The van der Waals surface area contributed by atoms with Crippen molar-refractivity contribution in [2.45, 2.75) is 39.4 Å². The van der Waals surface area contributed by atoms with Gasteiger partial charge in [-0.1, -0.05) is 29.5 Å². The molecule has 158 valence electrons. The minimum atomic E-state index is -0.479. The van der Waals surface area contributed by atoms with Crippen LogP contribution in [-0.4, -0.2) is 40.8 Å². The number of benzene rings is 2. The number of thioether (sulfide) groups is 1. The van der Waals surface area contributed by atoms with Gasteiger partial charge in [-0.05, 0) is 63.1 Å². The third-order valence-corrected chi connectivity index (χ3v) is 6.10. The number of methoxy groups -OCH3 is 1. The number of amidine groups is 1. The number of hydrogen-bond acceptors (Lipinski definition) is 5. The van der Waals surface area contributed by atoms with Crippen LogP contribution < -0.4 is 10.1 Å². The lowest BCUT2D eigenvalue weighted by atomic mass is 10.1. The fraction of sp³-hybridized carbons (Fsp3) is 0.348. The SMILES string of the molecule is CCN1C(=O)C(CC(=O)Nc2ccc(OC)cc2)SC1=Nc1c(C)cc(C)cc1C. The van der Waals surface area contributed by atoms with Crippen LogP contribution in [0.3, 0.4) is 0 Å². The summed E-state index contributed by atoms with van der Waals surface area (Å²) in [6.45, 7) is 8.54.